The number of halogens is 2. The topological polar surface area (TPSA) is 75.2 Å². The van der Waals surface area contributed by atoms with Crippen LogP contribution in [-0.4, -0.2) is 42.5 Å². The second kappa shape index (κ2) is 7.36. The number of nitrogens with zero attached hydrogens (tertiary/aromatic N) is 3. The first-order valence-electron chi connectivity index (χ1n) is 8.32. The summed E-state index contributed by atoms with van der Waals surface area (Å²) in [6, 6.07) is 6.02. The van der Waals surface area contributed by atoms with Crippen LogP contribution in [0, 0.1) is 12.7 Å². The Hall–Kier alpha value is -1.93. The van der Waals surface area contributed by atoms with Crippen LogP contribution < -0.4 is 10.2 Å². The Labute approximate surface area is 157 Å². The van der Waals surface area contributed by atoms with Gasteiger partial charge in [-0.2, -0.15) is 4.98 Å². The fourth-order valence-corrected chi connectivity index (χ4v) is 5.00. The first-order chi connectivity index (χ1) is 12.3. The first-order valence-corrected chi connectivity index (χ1v) is 10.5. The average molecular weight is 399 g/mol. The molecule has 140 valence electrons. The molecule has 1 aliphatic rings. The molecule has 6 nitrogen and oxygen atoms in total. The Morgan fingerprint density at radius 3 is 2.73 bits per heavy atom. The molecule has 2 heterocycles. The highest BCUT2D eigenvalue weighted by Gasteiger charge is 2.32. The van der Waals surface area contributed by atoms with Crippen LogP contribution >= 0.6 is 11.6 Å². The third-order valence-electron chi connectivity index (χ3n) is 4.30. The van der Waals surface area contributed by atoms with E-state index < -0.39 is 15.7 Å². The summed E-state index contributed by atoms with van der Waals surface area (Å²) in [5.74, 6) is 0.861. The van der Waals surface area contributed by atoms with Crippen LogP contribution in [0.25, 0.3) is 0 Å². The molecule has 1 atom stereocenters. The largest absolute Gasteiger partial charge is 0.353 e. The SMILES string of the molecule is CCN(c1cc(C)nc(Nc2ccc(F)c(Cl)c2)n1)C1CCS(=O)(=O)C1. The van der Waals surface area contributed by atoms with Gasteiger partial charge in [-0.1, -0.05) is 11.6 Å². The number of rotatable bonds is 5. The summed E-state index contributed by atoms with van der Waals surface area (Å²) < 4.78 is 36.9. The van der Waals surface area contributed by atoms with Gasteiger partial charge in [-0.3, -0.25) is 0 Å². The lowest BCUT2D eigenvalue weighted by Crippen LogP contribution is -2.36. The van der Waals surface area contributed by atoms with Crippen LogP contribution in [0.15, 0.2) is 24.3 Å². The average Bonchev–Trinajstić information content (AvgIpc) is 2.91. The van der Waals surface area contributed by atoms with Gasteiger partial charge in [0, 0.05) is 30.0 Å². The minimum atomic E-state index is -2.99. The Bertz CT molecular complexity index is 923. The van der Waals surface area contributed by atoms with E-state index in [0.29, 0.717) is 30.4 Å². The number of aryl methyl sites for hydroxylation is 1. The van der Waals surface area contributed by atoms with Gasteiger partial charge >= 0.3 is 0 Å². The minimum Gasteiger partial charge on any atom is -0.353 e. The van der Waals surface area contributed by atoms with Crippen LogP contribution in [0.1, 0.15) is 19.0 Å². The van der Waals surface area contributed by atoms with Crippen molar-refractivity contribution in [1.82, 2.24) is 9.97 Å². The minimum absolute atomic E-state index is 0.00854. The predicted molar refractivity (Wildman–Crippen MR) is 102 cm³/mol. The maximum atomic E-state index is 13.3. The number of anilines is 3. The quantitative estimate of drug-likeness (QED) is 0.832. The van der Waals surface area contributed by atoms with E-state index in [-0.39, 0.29) is 22.6 Å². The highest BCUT2D eigenvalue weighted by atomic mass is 35.5. The van der Waals surface area contributed by atoms with Gasteiger partial charge in [0.25, 0.3) is 0 Å². The van der Waals surface area contributed by atoms with Crippen molar-refractivity contribution < 1.29 is 12.8 Å². The van der Waals surface area contributed by atoms with Gasteiger partial charge in [0.05, 0.1) is 16.5 Å². The van der Waals surface area contributed by atoms with E-state index in [4.69, 9.17) is 11.6 Å². The van der Waals surface area contributed by atoms with Crippen LogP contribution in [0.5, 0.6) is 0 Å². The van der Waals surface area contributed by atoms with Crippen LogP contribution in [0.3, 0.4) is 0 Å². The Morgan fingerprint density at radius 1 is 1.35 bits per heavy atom. The Morgan fingerprint density at radius 2 is 2.12 bits per heavy atom. The molecule has 0 amide bonds. The standard InChI is InChI=1S/C17H20ClFN4O2S/c1-3-23(13-6-7-26(24,25)10-13)16-8-11(2)20-17(22-16)21-12-4-5-15(19)14(18)9-12/h4-5,8-9,13H,3,6-7,10H2,1-2H3,(H,20,21,22). The second-order valence-corrected chi connectivity index (χ2v) is 8.92. The molecule has 1 unspecified atom stereocenters. The number of sulfone groups is 1. The molecule has 1 fully saturated rings. The lowest BCUT2D eigenvalue weighted by atomic mass is 10.2. The normalized spacial score (nSPS) is 18.7. The second-order valence-electron chi connectivity index (χ2n) is 6.29. The molecule has 0 radical (unpaired) electrons. The first kappa shape index (κ1) is 18.8. The lowest BCUT2D eigenvalue weighted by molar-refractivity contribution is 0.599. The smallest absolute Gasteiger partial charge is 0.229 e. The van der Waals surface area contributed by atoms with E-state index in [1.807, 2.05) is 24.8 Å². The number of benzene rings is 1. The highest BCUT2D eigenvalue weighted by Crippen LogP contribution is 2.26. The van der Waals surface area contributed by atoms with Crippen molar-refractivity contribution in [3.63, 3.8) is 0 Å². The molecule has 9 heteroatoms. The van der Waals surface area contributed by atoms with Gasteiger partial charge < -0.3 is 10.2 Å². The Balaban J connectivity index is 1.87. The summed E-state index contributed by atoms with van der Waals surface area (Å²) in [5.41, 5.74) is 1.31. The zero-order valence-electron chi connectivity index (χ0n) is 14.5. The molecule has 0 aliphatic carbocycles. The van der Waals surface area contributed by atoms with Gasteiger partial charge in [0.15, 0.2) is 9.84 Å². The maximum absolute atomic E-state index is 13.3. The van der Waals surface area contributed by atoms with E-state index in [1.165, 1.54) is 12.1 Å². The highest BCUT2D eigenvalue weighted by molar-refractivity contribution is 7.91. The molecular formula is C17H20ClFN4O2S. The number of hydrogen-bond acceptors (Lipinski definition) is 6. The number of aromatic nitrogens is 2. The van der Waals surface area contributed by atoms with E-state index in [0.717, 1.165) is 5.69 Å². The van der Waals surface area contributed by atoms with Gasteiger partial charge in [-0.05, 0) is 38.5 Å². The van der Waals surface area contributed by atoms with Crippen molar-refractivity contribution in [1.29, 1.82) is 0 Å². The summed E-state index contributed by atoms with van der Waals surface area (Å²) in [4.78, 5) is 10.9. The molecule has 1 aromatic heterocycles. The summed E-state index contributed by atoms with van der Waals surface area (Å²) in [6.45, 7) is 4.45. The Kier molecular flexibility index (Phi) is 5.34. The molecular weight excluding hydrogens is 379 g/mol. The fourth-order valence-electron chi connectivity index (χ4n) is 3.09. The van der Waals surface area contributed by atoms with Gasteiger partial charge in [-0.15, -0.1) is 0 Å². The number of nitrogens with one attached hydrogen (secondary N) is 1. The molecule has 1 saturated heterocycles. The third-order valence-corrected chi connectivity index (χ3v) is 6.34. The van der Waals surface area contributed by atoms with Gasteiger partial charge in [0.2, 0.25) is 5.95 Å². The van der Waals surface area contributed by atoms with Crippen LogP contribution in [0.4, 0.5) is 21.8 Å². The van der Waals surface area contributed by atoms with E-state index >= 15 is 0 Å². The molecule has 1 N–H and O–H groups in total. The zero-order chi connectivity index (χ0) is 18.9. The van der Waals surface area contributed by atoms with Crippen molar-refractivity contribution in [2.75, 3.05) is 28.3 Å². The monoisotopic (exact) mass is 398 g/mol. The van der Waals surface area contributed by atoms with Crippen molar-refractivity contribution in [3.8, 4) is 0 Å². The van der Waals surface area contributed by atoms with Crippen molar-refractivity contribution in [2.24, 2.45) is 0 Å². The van der Waals surface area contributed by atoms with Crippen molar-refractivity contribution >= 4 is 38.9 Å². The van der Waals surface area contributed by atoms with Crippen LogP contribution in [0.2, 0.25) is 5.02 Å². The van der Waals surface area contributed by atoms with Gasteiger partial charge in [0.1, 0.15) is 11.6 Å². The molecule has 1 aliphatic heterocycles. The molecule has 0 spiro atoms. The van der Waals surface area contributed by atoms with E-state index in [1.54, 1.807) is 6.07 Å². The fraction of sp³-hybridized carbons (Fsp3) is 0.412. The van der Waals surface area contributed by atoms with Crippen molar-refractivity contribution in [3.05, 3.63) is 40.8 Å². The van der Waals surface area contributed by atoms with Gasteiger partial charge in [-0.25, -0.2) is 17.8 Å². The third kappa shape index (κ3) is 4.24. The molecule has 3 rings (SSSR count). The van der Waals surface area contributed by atoms with E-state index in [2.05, 4.69) is 15.3 Å². The molecule has 0 bridgehead atoms. The zero-order valence-corrected chi connectivity index (χ0v) is 16.1. The lowest BCUT2D eigenvalue weighted by Gasteiger charge is -2.28. The number of hydrogen-bond donors (Lipinski definition) is 1. The summed E-state index contributed by atoms with van der Waals surface area (Å²) in [7, 11) is -2.99. The molecule has 26 heavy (non-hydrogen) atoms. The molecule has 0 saturated carbocycles. The molecule has 1 aromatic carbocycles. The maximum Gasteiger partial charge on any atom is 0.229 e. The predicted octanol–water partition coefficient (Wildman–Crippen LogP) is 3.33. The molecule has 2 aromatic rings. The summed E-state index contributed by atoms with van der Waals surface area (Å²) in [5, 5.41) is 3.03. The summed E-state index contributed by atoms with van der Waals surface area (Å²) >= 11 is 5.81. The van der Waals surface area contributed by atoms with Crippen molar-refractivity contribution in [2.45, 2.75) is 26.3 Å². The summed E-state index contributed by atoms with van der Waals surface area (Å²) in [6.07, 6.45) is 0.593. The van der Waals surface area contributed by atoms with Crippen LogP contribution in [-0.2, 0) is 9.84 Å². The van der Waals surface area contributed by atoms with E-state index in [9.17, 15) is 12.8 Å².